The van der Waals surface area contributed by atoms with E-state index >= 15 is 0 Å². The van der Waals surface area contributed by atoms with Gasteiger partial charge in [0.2, 0.25) is 0 Å². The number of benzene rings is 2. The Kier molecular flexibility index (Phi) is 4.63. The van der Waals surface area contributed by atoms with E-state index in [0.717, 1.165) is 29.5 Å². The van der Waals surface area contributed by atoms with Gasteiger partial charge >= 0.3 is 0 Å². The summed E-state index contributed by atoms with van der Waals surface area (Å²) in [6.45, 7) is 1.55. The van der Waals surface area contributed by atoms with E-state index in [-0.39, 0.29) is 18.6 Å². The lowest BCUT2D eigenvalue weighted by Crippen LogP contribution is -2.45. The molecule has 5 heteroatoms. The van der Waals surface area contributed by atoms with Crippen LogP contribution in [0.25, 0.3) is 11.0 Å². The minimum Gasteiger partial charge on any atom is -0.489 e. The number of nitrogens with two attached hydrogens (primary N) is 1. The van der Waals surface area contributed by atoms with Crippen molar-refractivity contribution in [3.63, 3.8) is 0 Å². The Balaban J connectivity index is 1.66. The largest absolute Gasteiger partial charge is 0.489 e. The molecule has 2 N–H and O–H groups in total. The summed E-state index contributed by atoms with van der Waals surface area (Å²) in [4.78, 5) is 14.9. The SMILES string of the molecule is NC1CCCN(C(=O)c2oc3ccccc3c2COc2ccccc2)C1. The lowest BCUT2D eigenvalue weighted by Gasteiger charge is -2.30. The number of hydrogen-bond acceptors (Lipinski definition) is 4. The molecule has 1 aliphatic heterocycles. The molecular weight excluding hydrogens is 328 g/mol. The number of amides is 1. The first kappa shape index (κ1) is 16.7. The first-order valence-corrected chi connectivity index (χ1v) is 8.95. The van der Waals surface area contributed by atoms with Crippen molar-refractivity contribution in [1.82, 2.24) is 4.90 Å². The molecule has 5 nitrogen and oxygen atoms in total. The van der Waals surface area contributed by atoms with E-state index in [4.69, 9.17) is 14.9 Å². The molecule has 1 unspecified atom stereocenters. The molecule has 1 amide bonds. The van der Waals surface area contributed by atoms with Crippen LogP contribution in [-0.2, 0) is 6.61 Å². The zero-order valence-corrected chi connectivity index (χ0v) is 14.6. The summed E-state index contributed by atoms with van der Waals surface area (Å²) in [7, 11) is 0. The molecule has 0 radical (unpaired) electrons. The fraction of sp³-hybridized carbons (Fsp3) is 0.286. The quantitative estimate of drug-likeness (QED) is 0.781. The molecule has 2 heterocycles. The highest BCUT2D eigenvalue weighted by Crippen LogP contribution is 2.29. The molecule has 3 aromatic rings. The standard InChI is InChI=1S/C21H22N2O3/c22-15-7-6-12-23(13-15)21(24)20-18(14-25-16-8-2-1-3-9-16)17-10-4-5-11-19(17)26-20/h1-5,8-11,15H,6-7,12-14,22H2. The topological polar surface area (TPSA) is 68.7 Å². The van der Waals surface area contributed by atoms with Crippen LogP contribution in [-0.4, -0.2) is 29.9 Å². The van der Waals surface area contributed by atoms with Crippen LogP contribution in [0.5, 0.6) is 5.75 Å². The number of ether oxygens (including phenoxy) is 1. The van der Waals surface area contributed by atoms with Crippen molar-refractivity contribution in [1.29, 1.82) is 0 Å². The molecule has 26 heavy (non-hydrogen) atoms. The van der Waals surface area contributed by atoms with Crippen molar-refractivity contribution in [3.05, 3.63) is 65.9 Å². The van der Waals surface area contributed by atoms with Crippen LogP contribution in [0.4, 0.5) is 0 Å². The highest BCUT2D eigenvalue weighted by atomic mass is 16.5. The van der Waals surface area contributed by atoms with Crippen LogP contribution < -0.4 is 10.5 Å². The van der Waals surface area contributed by atoms with Crippen LogP contribution in [0.15, 0.2) is 59.0 Å². The van der Waals surface area contributed by atoms with Crippen LogP contribution in [0.1, 0.15) is 29.0 Å². The molecule has 0 saturated carbocycles. The Labute approximate surface area is 152 Å². The number of hydrogen-bond donors (Lipinski definition) is 1. The van der Waals surface area contributed by atoms with Crippen molar-refractivity contribution >= 4 is 16.9 Å². The van der Waals surface area contributed by atoms with Gasteiger partial charge in [0.25, 0.3) is 5.91 Å². The first-order valence-electron chi connectivity index (χ1n) is 8.95. The molecule has 0 aliphatic carbocycles. The number of furan rings is 1. The van der Waals surface area contributed by atoms with Gasteiger partial charge in [-0.2, -0.15) is 0 Å². The summed E-state index contributed by atoms with van der Waals surface area (Å²) in [6, 6.07) is 17.3. The zero-order chi connectivity index (χ0) is 17.9. The Hall–Kier alpha value is -2.79. The van der Waals surface area contributed by atoms with Crippen molar-refractivity contribution in [2.75, 3.05) is 13.1 Å². The number of likely N-dealkylation sites (tertiary alicyclic amines) is 1. The lowest BCUT2D eigenvalue weighted by molar-refractivity contribution is 0.0675. The van der Waals surface area contributed by atoms with Gasteiger partial charge < -0.3 is 19.8 Å². The van der Waals surface area contributed by atoms with Gasteiger partial charge in [0.1, 0.15) is 17.9 Å². The third-order valence-electron chi connectivity index (χ3n) is 4.76. The molecule has 1 fully saturated rings. The maximum absolute atomic E-state index is 13.1. The minimum absolute atomic E-state index is 0.0288. The number of nitrogens with zero attached hydrogens (tertiary/aromatic N) is 1. The van der Waals surface area contributed by atoms with E-state index in [9.17, 15) is 4.79 Å². The summed E-state index contributed by atoms with van der Waals surface area (Å²) in [5.41, 5.74) is 7.52. The maximum atomic E-state index is 13.1. The minimum atomic E-state index is -0.108. The second-order valence-corrected chi connectivity index (χ2v) is 6.66. The van der Waals surface area contributed by atoms with E-state index in [0.29, 0.717) is 24.4 Å². The van der Waals surface area contributed by atoms with Crippen LogP contribution in [0, 0.1) is 0 Å². The summed E-state index contributed by atoms with van der Waals surface area (Å²) in [5, 5.41) is 0.910. The highest BCUT2D eigenvalue weighted by molar-refractivity contribution is 5.99. The van der Waals surface area contributed by atoms with Gasteiger partial charge in [-0.25, -0.2) is 0 Å². The first-order chi connectivity index (χ1) is 12.7. The van der Waals surface area contributed by atoms with Crippen LogP contribution in [0.3, 0.4) is 0 Å². The molecule has 1 aliphatic rings. The molecule has 0 spiro atoms. The normalized spacial score (nSPS) is 17.4. The third-order valence-corrected chi connectivity index (χ3v) is 4.76. The fourth-order valence-electron chi connectivity index (χ4n) is 3.43. The van der Waals surface area contributed by atoms with Gasteiger partial charge in [-0.1, -0.05) is 36.4 Å². The summed E-state index contributed by atoms with van der Waals surface area (Å²) < 4.78 is 11.8. The highest BCUT2D eigenvalue weighted by Gasteiger charge is 2.28. The Morgan fingerprint density at radius 1 is 1.15 bits per heavy atom. The van der Waals surface area contributed by atoms with Crippen LogP contribution in [0.2, 0.25) is 0 Å². The second kappa shape index (κ2) is 7.22. The van der Waals surface area contributed by atoms with Crippen LogP contribution >= 0.6 is 0 Å². The van der Waals surface area contributed by atoms with E-state index in [1.165, 1.54) is 0 Å². The van der Waals surface area contributed by atoms with Gasteiger partial charge in [0.05, 0.1) is 0 Å². The third kappa shape index (κ3) is 3.30. The smallest absolute Gasteiger partial charge is 0.290 e. The summed E-state index contributed by atoms with van der Waals surface area (Å²) in [5.74, 6) is 1.01. The molecule has 1 atom stereocenters. The van der Waals surface area contributed by atoms with Crippen molar-refractivity contribution in [2.24, 2.45) is 5.73 Å². The number of rotatable bonds is 4. The Morgan fingerprint density at radius 2 is 1.92 bits per heavy atom. The van der Waals surface area contributed by atoms with E-state index in [1.807, 2.05) is 54.6 Å². The van der Waals surface area contributed by atoms with E-state index in [2.05, 4.69) is 0 Å². The van der Waals surface area contributed by atoms with Gasteiger partial charge in [-0.3, -0.25) is 4.79 Å². The predicted octanol–water partition coefficient (Wildman–Crippen LogP) is 3.58. The average Bonchev–Trinajstić information content (AvgIpc) is 3.05. The Morgan fingerprint density at radius 3 is 2.73 bits per heavy atom. The fourth-order valence-corrected chi connectivity index (χ4v) is 3.43. The molecular formula is C21H22N2O3. The summed E-state index contributed by atoms with van der Waals surface area (Å²) in [6.07, 6.45) is 1.87. The number of carbonyl (C=O) groups is 1. The van der Waals surface area contributed by atoms with Crippen molar-refractivity contribution < 1.29 is 13.9 Å². The zero-order valence-electron chi connectivity index (χ0n) is 14.6. The predicted molar refractivity (Wildman–Crippen MR) is 100 cm³/mol. The molecule has 4 rings (SSSR count). The average molecular weight is 350 g/mol. The molecule has 1 saturated heterocycles. The van der Waals surface area contributed by atoms with Gasteiger partial charge in [0.15, 0.2) is 5.76 Å². The van der Waals surface area contributed by atoms with Crippen molar-refractivity contribution in [2.45, 2.75) is 25.5 Å². The maximum Gasteiger partial charge on any atom is 0.290 e. The van der Waals surface area contributed by atoms with Gasteiger partial charge in [-0.05, 0) is 31.0 Å². The van der Waals surface area contributed by atoms with Gasteiger partial charge in [0, 0.05) is 30.1 Å². The second-order valence-electron chi connectivity index (χ2n) is 6.66. The van der Waals surface area contributed by atoms with E-state index < -0.39 is 0 Å². The van der Waals surface area contributed by atoms with E-state index in [1.54, 1.807) is 4.90 Å². The number of piperidine rings is 1. The van der Waals surface area contributed by atoms with Gasteiger partial charge in [-0.15, -0.1) is 0 Å². The van der Waals surface area contributed by atoms with Crippen molar-refractivity contribution in [3.8, 4) is 5.75 Å². The summed E-state index contributed by atoms with van der Waals surface area (Å²) >= 11 is 0. The molecule has 1 aromatic heterocycles. The number of carbonyl (C=O) groups excluding carboxylic acids is 1. The lowest BCUT2D eigenvalue weighted by atomic mass is 10.1. The molecule has 0 bridgehead atoms. The molecule has 2 aromatic carbocycles. The monoisotopic (exact) mass is 350 g/mol. The number of para-hydroxylation sites is 2. The number of fused-ring (bicyclic) bond motifs is 1. The Bertz CT molecular complexity index is 904. The molecule has 134 valence electrons.